The van der Waals surface area contributed by atoms with Crippen molar-refractivity contribution in [2.45, 2.75) is 11.8 Å². The lowest BCUT2D eigenvalue weighted by atomic mass is 10.2. The molecule has 25 heavy (non-hydrogen) atoms. The van der Waals surface area contributed by atoms with E-state index < -0.39 is 32.3 Å². The molecule has 0 aliphatic carbocycles. The van der Waals surface area contributed by atoms with Gasteiger partial charge < -0.3 is 19.4 Å². The van der Waals surface area contributed by atoms with Gasteiger partial charge >= 0.3 is 0 Å². The number of carbonyl (C=O) groups excluding carboxylic acids is 1. The maximum absolute atomic E-state index is 13.4. The number of benzene rings is 2. The van der Waals surface area contributed by atoms with Gasteiger partial charge in [-0.25, -0.2) is 12.8 Å². The maximum Gasteiger partial charge on any atom is 0.261 e. The third kappa shape index (κ3) is 4.18. The molecule has 134 valence electrons. The second-order valence-electron chi connectivity index (χ2n) is 4.83. The number of hydrogen-bond acceptors (Lipinski definition) is 6. The first-order valence-electron chi connectivity index (χ1n) is 7.13. The molecular formula is C16H15FNO6S-. The van der Waals surface area contributed by atoms with Gasteiger partial charge in [0.2, 0.25) is 0 Å². The highest BCUT2D eigenvalue weighted by atomic mass is 32.2. The summed E-state index contributed by atoms with van der Waals surface area (Å²) >= 11 is 0. The normalized spacial score (nSPS) is 11.0. The van der Waals surface area contributed by atoms with Gasteiger partial charge in [-0.05, 0) is 37.3 Å². The number of nitrogens with one attached hydrogen (secondary N) is 1. The van der Waals surface area contributed by atoms with E-state index >= 15 is 0 Å². The molecule has 0 unspecified atom stereocenters. The Morgan fingerprint density at radius 1 is 1.20 bits per heavy atom. The number of carboxylic acids is 1. The summed E-state index contributed by atoms with van der Waals surface area (Å²) in [5, 5.41) is 10.8. The molecule has 9 heteroatoms. The van der Waals surface area contributed by atoms with E-state index in [0.717, 1.165) is 12.1 Å². The van der Waals surface area contributed by atoms with Crippen LogP contribution < -0.4 is 19.3 Å². The van der Waals surface area contributed by atoms with Gasteiger partial charge in [-0.1, -0.05) is 0 Å². The molecule has 0 atom stereocenters. The van der Waals surface area contributed by atoms with E-state index in [-0.39, 0.29) is 5.69 Å². The molecule has 1 N–H and O–H groups in total. The van der Waals surface area contributed by atoms with E-state index in [1.165, 1.54) is 25.3 Å². The molecule has 0 bridgehead atoms. The first-order valence-corrected chi connectivity index (χ1v) is 8.61. The molecule has 2 rings (SSSR count). The predicted molar refractivity (Wildman–Crippen MR) is 85.7 cm³/mol. The fourth-order valence-corrected chi connectivity index (χ4v) is 3.12. The molecule has 0 aromatic heterocycles. The van der Waals surface area contributed by atoms with Crippen molar-refractivity contribution in [2.24, 2.45) is 0 Å². The van der Waals surface area contributed by atoms with Crippen LogP contribution in [0, 0.1) is 5.82 Å². The third-order valence-corrected chi connectivity index (χ3v) is 4.56. The summed E-state index contributed by atoms with van der Waals surface area (Å²) in [6.45, 7) is 2.20. The molecule has 0 amide bonds. The van der Waals surface area contributed by atoms with Gasteiger partial charge in [-0.2, -0.15) is 0 Å². The van der Waals surface area contributed by atoms with Crippen LogP contribution in [0.15, 0.2) is 41.3 Å². The minimum atomic E-state index is -4.14. The molecule has 0 fully saturated rings. The first kappa shape index (κ1) is 18.5. The second kappa shape index (κ2) is 7.39. The number of ether oxygens (including phenoxy) is 2. The summed E-state index contributed by atoms with van der Waals surface area (Å²) in [6, 6.07) is 6.78. The molecular weight excluding hydrogens is 353 g/mol. The van der Waals surface area contributed by atoms with Crippen molar-refractivity contribution >= 4 is 21.7 Å². The highest BCUT2D eigenvalue weighted by Crippen LogP contribution is 2.31. The molecule has 2 aromatic rings. The van der Waals surface area contributed by atoms with Gasteiger partial charge in [-0.3, -0.25) is 4.72 Å². The average Bonchev–Trinajstić information content (AvgIpc) is 2.56. The first-order chi connectivity index (χ1) is 11.8. The lowest BCUT2D eigenvalue weighted by molar-refractivity contribution is -0.255. The van der Waals surface area contributed by atoms with Crippen LogP contribution in [-0.2, 0) is 10.0 Å². The molecule has 0 spiro atoms. The van der Waals surface area contributed by atoms with E-state index in [1.54, 1.807) is 6.92 Å². The van der Waals surface area contributed by atoms with E-state index in [1.807, 2.05) is 0 Å². The fraction of sp³-hybridized carbons (Fsp3) is 0.188. The van der Waals surface area contributed by atoms with Gasteiger partial charge in [0, 0.05) is 11.6 Å². The zero-order chi connectivity index (χ0) is 18.6. The molecule has 0 saturated heterocycles. The van der Waals surface area contributed by atoms with Gasteiger partial charge in [0.15, 0.2) is 11.5 Å². The molecule has 2 aromatic carbocycles. The number of carbonyl (C=O) groups is 1. The standard InChI is InChI=1S/C16H16FNO6S/c1-3-24-14-7-4-10(8-15(14)23-2)18-25(21,22)11-5-6-13(17)12(9-11)16(19)20/h4-9,18H,3H2,1-2H3,(H,19,20)/p-1. The van der Waals surface area contributed by atoms with Crippen molar-refractivity contribution in [3.8, 4) is 11.5 Å². The number of aromatic carboxylic acids is 1. The third-order valence-electron chi connectivity index (χ3n) is 3.18. The van der Waals surface area contributed by atoms with Crippen LogP contribution >= 0.6 is 0 Å². The van der Waals surface area contributed by atoms with Crippen LogP contribution in [0.3, 0.4) is 0 Å². The van der Waals surface area contributed by atoms with Crippen LogP contribution in [0.1, 0.15) is 17.3 Å². The van der Waals surface area contributed by atoms with Crippen LogP contribution in [0.4, 0.5) is 10.1 Å². The largest absolute Gasteiger partial charge is 0.545 e. The van der Waals surface area contributed by atoms with E-state index in [9.17, 15) is 22.7 Å². The zero-order valence-electron chi connectivity index (χ0n) is 13.4. The van der Waals surface area contributed by atoms with Crippen LogP contribution in [0.2, 0.25) is 0 Å². The highest BCUT2D eigenvalue weighted by Gasteiger charge is 2.18. The topological polar surface area (TPSA) is 105 Å². The van der Waals surface area contributed by atoms with Crippen molar-refractivity contribution in [3.05, 3.63) is 47.8 Å². The predicted octanol–water partition coefficient (Wildman–Crippen LogP) is 1.40. The summed E-state index contributed by atoms with van der Waals surface area (Å²) in [4.78, 5) is 10.4. The maximum atomic E-state index is 13.4. The Kier molecular flexibility index (Phi) is 5.48. The number of methoxy groups -OCH3 is 1. The van der Waals surface area contributed by atoms with E-state index in [4.69, 9.17) is 9.47 Å². The van der Waals surface area contributed by atoms with Gasteiger partial charge in [0.1, 0.15) is 5.82 Å². The summed E-state index contributed by atoms with van der Waals surface area (Å²) in [7, 11) is -2.74. The quantitative estimate of drug-likeness (QED) is 0.792. The lowest BCUT2D eigenvalue weighted by Gasteiger charge is -2.13. The molecule has 0 aliphatic rings. The Bertz CT molecular complexity index is 897. The second-order valence-corrected chi connectivity index (χ2v) is 6.52. The van der Waals surface area contributed by atoms with E-state index in [0.29, 0.717) is 24.2 Å². The number of sulfonamides is 1. The van der Waals surface area contributed by atoms with Crippen molar-refractivity contribution in [1.29, 1.82) is 0 Å². The average molecular weight is 368 g/mol. The van der Waals surface area contributed by atoms with E-state index in [2.05, 4.69) is 4.72 Å². The number of anilines is 1. The number of halogens is 1. The van der Waals surface area contributed by atoms with Crippen molar-refractivity contribution in [3.63, 3.8) is 0 Å². The summed E-state index contributed by atoms with van der Waals surface area (Å²) in [5.74, 6) is -2.13. The Labute approximate surface area is 144 Å². The Morgan fingerprint density at radius 2 is 1.92 bits per heavy atom. The Morgan fingerprint density at radius 3 is 2.52 bits per heavy atom. The minimum absolute atomic E-state index is 0.166. The summed E-state index contributed by atoms with van der Waals surface area (Å²) < 4.78 is 50.9. The Balaban J connectivity index is 2.36. The SMILES string of the molecule is CCOc1ccc(NS(=O)(=O)c2ccc(F)c(C(=O)[O-])c2)cc1OC. The van der Waals surface area contributed by atoms with Crippen LogP contribution in [0.25, 0.3) is 0 Å². The Hall–Kier alpha value is -2.81. The van der Waals surface area contributed by atoms with Gasteiger partial charge in [0.25, 0.3) is 10.0 Å². The van der Waals surface area contributed by atoms with Crippen molar-refractivity contribution < 1.29 is 32.2 Å². The lowest BCUT2D eigenvalue weighted by Crippen LogP contribution is -2.24. The van der Waals surface area contributed by atoms with Gasteiger partial charge in [-0.15, -0.1) is 0 Å². The molecule has 7 nitrogen and oxygen atoms in total. The summed E-state index contributed by atoms with van der Waals surface area (Å²) in [6.07, 6.45) is 0. The van der Waals surface area contributed by atoms with Gasteiger partial charge in [0.05, 0.1) is 30.3 Å². The number of hydrogen-bond donors (Lipinski definition) is 1. The molecule has 0 heterocycles. The van der Waals surface area contributed by atoms with Crippen LogP contribution in [-0.4, -0.2) is 28.1 Å². The smallest absolute Gasteiger partial charge is 0.261 e. The van der Waals surface area contributed by atoms with Crippen LogP contribution in [0.5, 0.6) is 11.5 Å². The fourth-order valence-electron chi connectivity index (χ4n) is 2.05. The monoisotopic (exact) mass is 368 g/mol. The summed E-state index contributed by atoms with van der Waals surface area (Å²) in [5.41, 5.74) is -0.674. The van der Waals surface area contributed by atoms with Crippen molar-refractivity contribution in [2.75, 3.05) is 18.4 Å². The van der Waals surface area contributed by atoms with Crippen molar-refractivity contribution in [1.82, 2.24) is 0 Å². The zero-order valence-corrected chi connectivity index (χ0v) is 14.2. The minimum Gasteiger partial charge on any atom is -0.545 e. The molecule has 0 saturated carbocycles. The number of carboxylic acid groups (broad SMARTS) is 1. The highest BCUT2D eigenvalue weighted by molar-refractivity contribution is 7.92. The number of rotatable bonds is 7. The molecule has 0 aliphatic heterocycles. The molecule has 0 radical (unpaired) electrons.